The lowest BCUT2D eigenvalue weighted by Crippen LogP contribution is -2.23. The molecule has 0 aliphatic heterocycles. The van der Waals surface area contributed by atoms with Gasteiger partial charge < -0.3 is 5.11 Å². The minimum atomic E-state index is -0.0904. The number of aliphatic hydroxyl groups excluding tert-OH is 1. The van der Waals surface area contributed by atoms with Crippen LogP contribution in [0.1, 0.15) is 53.9 Å². The average Bonchev–Trinajstić information content (AvgIpc) is 1.98. The van der Waals surface area contributed by atoms with Gasteiger partial charge in [-0.3, -0.25) is 0 Å². The molecule has 0 aromatic rings. The quantitative estimate of drug-likeness (QED) is 0.673. The molecule has 0 aliphatic carbocycles. The highest BCUT2D eigenvalue weighted by molar-refractivity contribution is 4.70. The van der Waals surface area contributed by atoms with Gasteiger partial charge in [-0.25, -0.2) is 0 Å². The molecule has 0 saturated carbocycles. The van der Waals surface area contributed by atoms with Gasteiger partial charge in [0.05, 0.1) is 6.10 Å². The minimum absolute atomic E-state index is 0.0904. The summed E-state index contributed by atoms with van der Waals surface area (Å²) in [6, 6.07) is 0. The smallest absolute Gasteiger partial charge is 0.0570 e. The lowest BCUT2D eigenvalue weighted by Gasteiger charge is -2.24. The van der Waals surface area contributed by atoms with Gasteiger partial charge in [-0.15, -0.1) is 0 Å². The van der Waals surface area contributed by atoms with Crippen molar-refractivity contribution >= 4 is 0 Å². The van der Waals surface area contributed by atoms with Gasteiger partial charge in [0.25, 0.3) is 0 Å². The molecule has 0 saturated heterocycles. The van der Waals surface area contributed by atoms with Crippen LogP contribution in [-0.4, -0.2) is 11.2 Å². The molecule has 80 valence electrons. The van der Waals surface area contributed by atoms with Crippen molar-refractivity contribution in [3.8, 4) is 0 Å². The third kappa shape index (κ3) is 6.09. The van der Waals surface area contributed by atoms with Crippen LogP contribution in [-0.2, 0) is 0 Å². The van der Waals surface area contributed by atoms with Crippen LogP contribution in [0.2, 0.25) is 0 Å². The minimum Gasteiger partial charge on any atom is -0.393 e. The first-order valence-corrected chi connectivity index (χ1v) is 5.65. The lowest BCUT2D eigenvalue weighted by molar-refractivity contribution is 0.0732. The zero-order chi connectivity index (χ0) is 10.4. The third-order valence-corrected chi connectivity index (χ3v) is 2.56. The Morgan fingerprint density at radius 3 is 1.69 bits per heavy atom. The van der Waals surface area contributed by atoms with Crippen LogP contribution < -0.4 is 0 Å². The molecular weight excluding hydrogens is 160 g/mol. The van der Waals surface area contributed by atoms with E-state index in [4.69, 9.17) is 0 Å². The van der Waals surface area contributed by atoms with E-state index in [-0.39, 0.29) is 6.10 Å². The van der Waals surface area contributed by atoms with E-state index in [1.165, 1.54) is 0 Å². The van der Waals surface area contributed by atoms with Crippen LogP contribution in [0.4, 0.5) is 0 Å². The Kier molecular flexibility index (Phi) is 6.40. The molecular formula is C12H26O. The van der Waals surface area contributed by atoms with Gasteiger partial charge >= 0.3 is 0 Å². The monoisotopic (exact) mass is 186 g/mol. The van der Waals surface area contributed by atoms with Crippen LogP contribution in [0.25, 0.3) is 0 Å². The van der Waals surface area contributed by atoms with Crippen LogP contribution in [0.5, 0.6) is 0 Å². The molecule has 0 bridgehead atoms. The highest BCUT2D eigenvalue weighted by Gasteiger charge is 2.19. The summed E-state index contributed by atoms with van der Waals surface area (Å²) in [5.74, 6) is 1.81. The molecule has 0 rings (SSSR count). The number of hydrogen-bond acceptors (Lipinski definition) is 1. The van der Waals surface area contributed by atoms with Gasteiger partial charge in [0, 0.05) is 0 Å². The molecule has 1 nitrogen and oxygen atoms in total. The first kappa shape index (κ1) is 13.0. The number of hydrogen-bond donors (Lipinski definition) is 1. The van der Waals surface area contributed by atoms with Crippen molar-refractivity contribution < 1.29 is 5.11 Å². The Bertz CT molecular complexity index is 118. The summed E-state index contributed by atoms with van der Waals surface area (Å²) in [5.41, 5.74) is 0. The summed E-state index contributed by atoms with van der Waals surface area (Å²) in [7, 11) is 0. The maximum atomic E-state index is 9.93. The molecule has 13 heavy (non-hydrogen) atoms. The van der Waals surface area contributed by atoms with Crippen molar-refractivity contribution in [1.82, 2.24) is 0 Å². The molecule has 0 spiro atoms. The Balaban J connectivity index is 3.91. The Labute approximate surface area is 83.5 Å². The maximum absolute atomic E-state index is 9.93. The van der Waals surface area contributed by atoms with E-state index < -0.39 is 0 Å². The average molecular weight is 186 g/mol. The van der Waals surface area contributed by atoms with Crippen LogP contribution >= 0.6 is 0 Å². The van der Waals surface area contributed by atoms with Gasteiger partial charge in [0.1, 0.15) is 0 Å². The molecule has 0 aliphatic rings. The molecule has 0 amide bonds. The van der Waals surface area contributed by atoms with Crippen molar-refractivity contribution in [3.05, 3.63) is 0 Å². The van der Waals surface area contributed by atoms with Crippen molar-refractivity contribution in [1.29, 1.82) is 0 Å². The fraction of sp³-hybridized carbons (Fsp3) is 1.00. The Morgan fingerprint density at radius 2 is 1.38 bits per heavy atom. The predicted octanol–water partition coefficient (Wildman–Crippen LogP) is 3.47. The highest BCUT2D eigenvalue weighted by atomic mass is 16.3. The second-order valence-corrected chi connectivity index (χ2v) is 4.99. The number of rotatable bonds is 6. The zero-order valence-corrected chi connectivity index (χ0v) is 9.88. The van der Waals surface area contributed by atoms with Gasteiger partial charge in [-0.2, -0.15) is 0 Å². The molecule has 0 fully saturated rings. The van der Waals surface area contributed by atoms with E-state index in [9.17, 15) is 5.11 Å². The largest absolute Gasteiger partial charge is 0.393 e. The van der Waals surface area contributed by atoms with E-state index >= 15 is 0 Å². The second kappa shape index (κ2) is 6.42. The molecule has 0 radical (unpaired) electrons. The summed E-state index contributed by atoms with van der Waals surface area (Å²) in [5, 5.41) is 9.93. The standard InChI is InChI=1S/C12H26O/c1-6-11(7-9(2)3)12(13)8-10(4)5/h9-13H,6-8H2,1-5H3. The summed E-state index contributed by atoms with van der Waals surface area (Å²) < 4.78 is 0. The normalized spacial score (nSPS) is 16.6. The van der Waals surface area contributed by atoms with Gasteiger partial charge in [0.2, 0.25) is 0 Å². The molecule has 0 aromatic heterocycles. The molecule has 1 N–H and O–H groups in total. The fourth-order valence-electron chi connectivity index (χ4n) is 1.88. The van der Waals surface area contributed by atoms with Gasteiger partial charge in [-0.1, -0.05) is 41.0 Å². The van der Waals surface area contributed by atoms with E-state index in [1.807, 2.05) is 0 Å². The number of aliphatic hydroxyl groups is 1. The van der Waals surface area contributed by atoms with Crippen LogP contribution in [0.15, 0.2) is 0 Å². The predicted molar refractivity (Wildman–Crippen MR) is 58.7 cm³/mol. The van der Waals surface area contributed by atoms with Crippen molar-refractivity contribution in [2.24, 2.45) is 17.8 Å². The second-order valence-electron chi connectivity index (χ2n) is 4.99. The van der Waals surface area contributed by atoms with E-state index in [0.29, 0.717) is 17.8 Å². The SMILES string of the molecule is CCC(CC(C)C)C(O)CC(C)C. The Morgan fingerprint density at radius 1 is 0.923 bits per heavy atom. The van der Waals surface area contributed by atoms with Crippen LogP contribution in [0, 0.1) is 17.8 Å². The van der Waals surface area contributed by atoms with Gasteiger partial charge in [-0.05, 0) is 30.6 Å². The maximum Gasteiger partial charge on any atom is 0.0570 e. The summed E-state index contributed by atoms with van der Waals surface area (Å²) in [6.45, 7) is 11.0. The van der Waals surface area contributed by atoms with E-state index in [0.717, 1.165) is 19.3 Å². The van der Waals surface area contributed by atoms with Gasteiger partial charge in [0.15, 0.2) is 0 Å². The fourth-order valence-corrected chi connectivity index (χ4v) is 1.88. The summed E-state index contributed by atoms with van der Waals surface area (Å²) in [4.78, 5) is 0. The van der Waals surface area contributed by atoms with Crippen molar-refractivity contribution in [2.45, 2.75) is 60.0 Å². The lowest BCUT2D eigenvalue weighted by atomic mass is 9.86. The van der Waals surface area contributed by atoms with E-state index in [1.54, 1.807) is 0 Å². The Hall–Kier alpha value is -0.0400. The van der Waals surface area contributed by atoms with E-state index in [2.05, 4.69) is 34.6 Å². The molecule has 0 aromatic carbocycles. The summed E-state index contributed by atoms with van der Waals surface area (Å²) >= 11 is 0. The molecule has 2 atom stereocenters. The topological polar surface area (TPSA) is 20.2 Å². The molecule has 2 unspecified atom stereocenters. The summed E-state index contributed by atoms with van der Waals surface area (Å²) in [6.07, 6.45) is 3.12. The van der Waals surface area contributed by atoms with Crippen molar-refractivity contribution in [3.63, 3.8) is 0 Å². The van der Waals surface area contributed by atoms with Crippen molar-refractivity contribution in [2.75, 3.05) is 0 Å². The van der Waals surface area contributed by atoms with Crippen LogP contribution in [0.3, 0.4) is 0 Å². The zero-order valence-electron chi connectivity index (χ0n) is 9.88. The molecule has 1 heteroatoms. The highest BCUT2D eigenvalue weighted by Crippen LogP contribution is 2.23. The first-order valence-electron chi connectivity index (χ1n) is 5.65. The molecule has 0 heterocycles. The first-order chi connectivity index (χ1) is 5.97. The third-order valence-electron chi connectivity index (χ3n) is 2.56.